The molecule has 0 radical (unpaired) electrons. The fraction of sp³-hybridized carbons (Fsp3) is 0.400. The van der Waals surface area contributed by atoms with E-state index in [1.807, 2.05) is 24.3 Å². The van der Waals surface area contributed by atoms with Crippen molar-refractivity contribution in [2.24, 2.45) is 11.8 Å². The van der Waals surface area contributed by atoms with E-state index in [1.165, 1.54) is 11.1 Å². The number of nitrogens with zero attached hydrogens (tertiary/aromatic N) is 1. The van der Waals surface area contributed by atoms with Crippen molar-refractivity contribution in [2.75, 3.05) is 19.7 Å². The molecule has 2 aromatic rings. The van der Waals surface area contributed by atoms with Crippen LogP contribution in [0.3, 0.4) is 0 Å². The van der Waals surface area contributed by atoms with Gasteiger partial charge in [0, 0.05) is 31.0 Å². The molecule has 0 bridgehead atoms. The molecule has 4 rings (SSSR count). The van der Waals surface area contributed by atoms with Crippen LogP contribution in [0.1, 0.15) is 37.3 Å². The van der Waals surface area contributed by atoms with Gasteiger partial charge in [0.05, 0.1) is 12.3 Å². The Kier molecular flexibility index (Phi) is 6.17. The summed E-state index contributed by atoms with van der Waals surface area (Å²) in [6.45, 7) is 4.66. The van der Waals surface area contributed by atoms with Crippen LogP contribution in [0.15, 0.2) is 48.5 Å². The molecule has 1 aliphatic heterocycles. The molecule has 32 heavy (non-hydrogen) atoms. The number of hydrogen-bond donors (Lipinski definition) is 2. The number of ether oxygens (including phenoxy) is 1. The summed E-state index contributed by atoms with van der Waals surface area (Å²) in [5.74, 6) is -1.37. The van der Waals surface area contributed by atoms with Crippen molar-refractivity contribution in [2.45, 2.75) is 32.2 Å². The van der Waals surface area contributed by atoms with Gasteiger partial charge in [0.15, 0.2) is 0 Å². The summed E-state index contributed by atoms with van der Waals surface area (Å²) in [5, 5.41) is 11.6. The number of nitrogens with one attached hydrogen (secondary N) is 1. The number of carboxylic acid groups (broad SMARTS) is 1. The lowest BCUT2D eigenvalue weighted by Crippen LogP contribution is -2.55. The summed E-state index contributed by atoms with van der Waals surface area (Å²) in [4.78, 5) is 37.5. The van der Waals surface area contributed by atoms with Crippen molar-refractivity contribution in [3.05, 3.63) is 59.7 Å². The lowest BCUT2D eigenvalue weighted by atomic mass is 9.93. The van der Waals surface area contributed by atoms with Gasteiger partial charge in [-0.2, -0.15) is 0 Å². The van der Waals surface area contributed by atoms with Crippen LogP contribution in [0.5, 0.6) is 0 Å². The monoisotopic (exact) mass is 436 g/mol. The van der Waals surface area contributed by atoms with Crippen molar-refractivity contribution in [1.82, 2.24) is 10.2 Å². The summed E-state index contributed by atoms with van der Waals surface area (Å²) >= 11 is 0. The minimum absolute atomic E-state index is 0.00838. The molecule has 1 heterocycles. The average Bonchev–Trinajstić information content (AvgIpc) is 3.07. The molecular formula is C25H28N2O5. The van der Waals surface area contributed by atoms with Crippen LogP contribution in [0, 0.1) is 11.8 Å². The van der Waals surface area contributed by atoms with Crippen molar-refractivity contribution in [3.63, 3.8) is 0 Å². The molecule has 0 spiro atoms. The van der Waals surface area contributed by atoms with Gasteiger partial charge in [0.2, 0.25) is 5.91 Å². The second-order valence-corrected chi connectivity index (χ2v) is 8.75. The molecule has 1 fully saturated rings. The third-order valence-electron chi connectivity index (χ3n) is 6.56. The van der Waals surface area contributed by atoms with Crippen LogP contribution in [0.2, 0.25) is 0 Å². The lowest BCUT2D eigenvalue weighted by molar-refractivity contribution is -0.147. The Morgan fingerprint density at radius 1 is 1.03 bits per heavy atom. The van der Waals surface area contributed by atoms with E-state index in [-0.39, 0.29) is 30.8 Å². The summed E-state index contributed by atoms with van der Waals surface area (Å²) in [5.41, 5.74) is 4.62. The van der Waals surface area contributed by atoms with Gasteiger partial charge in [-0.15, -0.1) is 0 Å². The van der Waals surface area contributed by atoms with Gasteiger partial charge in [0.1, 0.15) is 6.61 Å². The number of fused-ring (bicyclic) bond motifs is 3. The molecule has 1 aliphatic carbocycles. The topological polar surface area (TPSA) is 95.9 Å². The molecule has 7 nitrogen and oxygen atoms in total. The van der Waals surface area contributed by atoms with E-state index in [0.717, 1.165) is 11.1 Å². The average molecular weight is 437 g/mol. The molecule has 1 saturated heterocycles. The van der Waals surface area contributed by atoms with Crippen molar-refractivity contribution in [1.29, 1.82) is 0 Å². The number of carbonyl (C=O) groups excluding carboxylic acids is 2. The fourth-order valence-electron chi connectivity index (χ4n) is 4.58. The maximum absolute atomic E-state index is 12.6. The zero-order chi connectivity index (χ0) is 22.8. The highest BCUT2D eigenvalue weighted by Gasteiger charge is 2.36. The quantitative estimate of drug-likeness (QED) is 0.693. The van der Waals surface area contributed by atoms with Gasteiger partial charge >= 0.3 is 12.1 Å². The zero-order valence-corrected chi connectivity index (χ0v) is 18.3. The lowest BCUT2D eigenvalue weighted by Gasteiger charge is -2.40. The summed E-state index contributed by atoms with van der Waals surface area (Å²) in [6.07, 6.45) is -0.475. The molecule has 2 atom stereocenters. The summed E-state index contributed by atoms with van der Waals surface area (Å²) in [7, 11) is 0. The Labute approximate surface area is 187 Å². The number of likely N-dealkylation sites (tertiary alicyclic amines) is 1. The molecule has 2 aliphatic rings. The van der Waals surface area contributed by atoms with Crippen LogP contribution in [-0.2, 0) is 14.3 Å². The highest BCUT2D eigenvalue weighted by molar-refractivity contribution is 5.81. The third kappa shape index (κ3) is 4.33. The molecule has 2 N–H and O–H groups in total. The Balaban J connectivity index is 1.30. The van der Waals surface area contributed by atoms with Crippen molar-refractivity contribution < 1.29 is 24.2 Å². The Hall–Kier alpha value is -3.35. The first-order valence-corrected chi connectivity index (χ1v) is 11.0. The molecule has 7 heteroatoms. The second kappa shape index (κ2) is 9.02. The first-order chi connectivity index (χ1) is 15.3. The van der Waals surface area contributed by atoms with Gasteiger partial charge in [-0.3, -0.25) is 9.59 Å². The number of aliphatic carboxylic acids is 1. The second-order valence-electron chi connectivity index (χ2n) is 8.75. The van der Waals surface area contributed by atoms with Crippen molar-refractivity contribution >= 4 is 18.0 Å². The van der Waals surface area contributed by atoms with Crippen molar-refractivity contribution in [3.8, 4) is 11.1 Å². The van der Waals surface area contributed by atoms with E-state index in [9.17, 15) is 14.4 Å². The molecule has 2 aromatic carbocycles. The number of amides is 2. The molecule has 0 saturated carbocycles. The highest BCUT2D eigenvalue weighted by atomic mass is 16.5. The van der Waals surface area contributed by atoms with Gasteiger partial charge in [-0.1, -0.05) is 55.5 Å². The van der Waals surface area contributed by atoms with Gasteiger partial charge in [0.25, 0.3) is 0 Å². The predicted molar refractivity (Wildman–Crippen MR) is 119 cm³/mol. The Morgan fingerprint density at radius 2 is 1.59 bits per heavy atom. The Bertz CT molecular complexity index is 985. The van der Waals surface area contributed by atoms with Gasteiger partial charge in [-0.25, -0.2) is 4.79 Å². The number of rotatable bonds is 7. The Morgan fingerprint density at radius 3 is 2.16 bits per heavy atom. The third-order valence-corrected chi connectivity index (χ3v) is 6.56. The first kappa shape index (κ1) is 21.9. The van der Waals surface area contributed by atoms with Gasteiger partial charge < -0.3 is 20.1 Å². The van der Waals surface area contributed by atoms with E-state index in [0.29, 0.717) is 13.1 Å². The zero-order valence-electron chi connectivity index (χ0n) is 18.3. The van der Waals surface area contributed by atoms with E-state index < -0.39 is 24.0 Å². The molecule has 168 valence electrons. The standard InChI is InChI=1S/C25H28N2O5/c1-15(24(30)27-12-17(13-27)11-23(28)29)16(2)26-25(31)32-14-22-20-9-5-3-7-18(20)19-8-4-6-10-21(19)22/h3-10,15-17,22H,11-14H2,1-2H3,(H,26,31)(H,28,29). The number of alkyl carbamates (subject to hydrolysis) is 1. The molecular weight excluding hydrogens is 408 g/mol. The summed E-state index contributed by atoms with van der Waals surface area (Å²) in [6, 6.07) is 15.9. The smallest absolute Gasteiger partial charge is 0.407 e. The number of benzene rings is 2. The van der Waals surface area contributed by atoms with Crippen LogP contribution >= 0.6 is 0 Å². The normalized spacial score (nSPS) is 17.0. The largest absolute Gasteiger partial charge is 0.481 e. The fourth-order valence-corrected chi connectivity index (χ4v) is 4.58. The first-order valence-electron chi connectivity index (χ1n) is 11.0. The maximum atomic E-state index is 12.6. The minimum Gasteiger partial charge on any atom is -0.481 e. The SMILES string of the molecule is CC(NC(=O)OCC1c2ccccc2-c2ccccc21)C(C)C(=O)N1CC(CC(=O)O)C1. The molecule has 2 unspecified atom stereocenters. The van der Waals surface area contributed by atoms with Crippen LogP contribution in [0.25, 0.3) is 11.1 Å². The van der Waals surface area contributed by atoms with Crippen LogP contribution < -0.4 is 5.32 Å². The minimum atomic E-state index is -0.847. The highest BCUT2D eigenvalue weighted by Crippen LogP contribution is 2.44. The number of carboxylic acids is 1. The molecule has 2 amide bonds. The molecule has 0 aromatic heterocycles. The van der Waals surface area contributed by atoms with E-state index in [1.54, 1.807) is 18.7 Å². The predicted octanol–water partition coefficient (Wildman–Crippen LogP) is 3.48. The number of carbonyl (C=O) groups is 3. The van der Waals surface area contributed by atoms with E-state index in [2.05, 4.69) is 29.6 Å². The van der Waals surface area contributed by atoms with E-state index in [4.69, 9.17) is 9.84 Å². The number of hydrogen-bond acceptors (Lipinski definition) is 4. The van der Waals surface area contributed by atoms with Crippen LogP contribution in [-0.4, -0.2) is 53.7 Å². The maximum Gasteiger partial charge on any atom is 0.407 e. The van der Waals surface area contributed by atoms with Crippen LogP contribution in [0.4, 0.5) is 4.79 Å². The van der Waals surface area contributed by atoms with Gasteiger partial charge in [-0.05, 0) is 29.2 Å². The van der Waals surface area contributed by atoms with E-state index >= 15 is 0 Å². The summed E-state index contributed by atoms with van der Waals surface area (Å²) < 4.78 is 5.56.